The number of halogens is 2. The van der Waals surface area contributed by atoms with Gasteiger partial charge in [-0.15, -0.1) is 5.10 Å². The summed E-state index contributed by atoms with van der Waals surface area (Å²) in [4.78, 5) is 9.04. The van der Waals surface area contributed by atoms with Crippen LogP contribution < -0.4 is 20.5 Å². The van der Waals surface area contributed by atoms with Crippen molar-refractivity contribution in [3.05, 3.63) is 53.6 Å². The van der Waals surface area contributed by atoms with E-state index in [-0.39, 0.29) is 24.0 Å². The van der Waals surface area contributed by atoms with Gasteiger partial charge >= 0.3 is 0 Å². The molecule has 0 spiro atoms. The summed E-state index contributed by atoms with van der Waals surface area (Å²) in [6.07, 6.45) is 0. The summed E-state index contributed by atoms with van der Waals surface area (Å²) in [6.45, 7) is 6.40. The number of hydrogen-bond acceptors (Lipinski definition) is 7. The van der Waals surface area contributed by atoms with Crippen LogP contribution in [-0.2, 0) is 12.1 Å². The Hall–Kier alpha value is -3.95. The van der Waals surface area contributed by atoms with Crippen LogP contribution in [0.15, 0.2) is 36.4 Å². The molecule has 1 aliphatic rings. The van der Waals surface area contributed by atoms with Gasteiger partial charge in [-0.05, 0) is 50.6 Å². The van der Waals surface area contributed by atoms with Crippen molar-refractivity contribution in [2.75, 3.05) is 17.8 Å². The average Bonchev–Trinajstić information content (AvgIpc) is 3.35. The lowest BCUT2D eigenvalue weighted by molar-refractivity contribution is 0.174. The molecule has 0 saturated heterocycles. The summed E-state index contributed by atoms with van der Waals surface area (Å²) in [5, 5.41) is 8.10. The van der Waals surface area contributed by atoms with Crippen LogP contribution in [0, 0.1) is 11.6 Å². The zero-order valence-corrected chi connectivity index (χ0v) is 18.3. The lowest BCUT2D eigenvalue weighted by atomic mass is 10.1. The Kier molecular flexibility index (Phi) is 4.80. The highest BCUT2D eigenvalue weighted by atomic mass is 19.1. The number of nitrogen functional groups attached to an aromatic ring is 1. The number of benzene rings is 2. The van der Waals surface area contributed by atoms with Crippen molar-refractivity contribution in [2.24, 2.45) is 0 Å². The molecule has 170 valence electrons. The minimum absolute atomic E-state index is 0.107. The van der Waals surface area contributed by atoms with Gasteiger partial charge in [0.25, 0.3) is 0 Å². The number of nitrogens with two attached hydrogens (primary N) is 1. The SMILES string of the molecule is CC(C)(C)n1nc2nc(NCc3ccc4c(c3)OCO4)nc(-c3ccc(F)cc3F)c2c1N. The molecule has 1 aliphatic heterocycles. The van der Waals surface area contributed by atoms with Gasteiger partial charge in [0.2, 0.25) is 12.7 Å². The molecule has 8 nitrogen and oxygen atoms in total. The van der Waals surface area contributed by atoms with Crippen LogP contribution in [0.5, 0.6) is 11.5 Å². The molecule has 10 heteroatoms. The molecule has 0 saturated carbocycles. The third kappa shape index (κ3) is 3.77. The molecule has 0 bridgehead atoms. The molecule has 2 aromatic carbocycles. The molecular formula is C23H22F2N6O2. The summed E-state index contributed by atoms with van der Waals surface area (Å²) in [7, 11) is 0. The molecule has 3 N–H and O–H groups in total. The standard InChI is InChI=1S/C23H22F2N6O2/c1-23(2,3)31-20(26)18-19(14-6-5-13(24)9-15(14)25)28-22(29-21(18)30-31)27-10-12-4-7-16-17(8-12)33-11-32-16/h4-9H,10-11,26H2,1-3H3,(H,27,29,30). The molecule has 0 fully saturated rings. The van der Waals surface area contributed by atoms with E-state index in [1.54, 1.807) is 4.68 Å². The normalized spacial score (nSPS) is 13.0. The van der Waals surface area contributed by atoms with E-state index >= 15 is 0 Å². The van der Waals surface area contributed by atoms with E-state index in [4.69, 9.17) is 15.2 Å². The molecule has 5 rings (SSSR count). The Bertz CT molecular complexity index is 1380. The fourth-order valence-corrected chi connectivity index (χ4v) is 3.71. The van der Waals surface area contributed by atoms with Gasteiger partial charge in [0, 0.05) is 18.2 Å². The van der Waals surface area contributed by atoms with Crippen molar-refractivity contribution in [1.82, 2.24) is 19.7 Å². The van der Waals surface area contributed by atoms with Crippen molar-refractivity contribution in [2.45, 2.75) is 32.9 Å². The lowest BCUT2D eigenvalue weighted by Gasteiger charge is -2.20. The smallest absolute Gasteiger partial charge is 0.231 e. The first-order valence-electron chi connectivity index (χ1n) is 10.4. The van der Waals surface area contributed by atoms with E-state index in [9.17, 15) is 8.78 Å². The molecule has 2 aromatic heterocycles. The summed E-state index contributed by atoms with van der Waals surface area (Å²) in [6, 6.07) is 8.91. The van der Waals surface area contributed by atoms with Crippen LogP contribution in [0.2, 0.25) is 0 Å². The van der Waals surface area contributed by atoms with Crippen LogP contribution in [0.3, 0.4) is 0 Å². The number of hydrogen-bond donors (Lipinski definition) is 2. The van der Waals surface area contributed by atoms with Crippen LogP contribution in [-0.4, -0.2) is 26.5 Å². The van der Waals surface area contributed by atoms with Crippen molar-refractivity contribution in [1.29, 1.82) is 0 Å². The monoisotopic (exact) mass is 452 g/mol. The zero-order valence-electron chi connectivity index (χ0n) is 18.3. The molecule has 0 amide bonds. The Balaban J connectivity index is 1.59. The number of anilines is 2. The van der Waals surface area contributed by atoms with E-state index in [0.717, 1.165) is 11.6 Å². The number of ether oxygens (including phenoxy) is 2. The Labute approximate surface area is 188 Å². The second kappa shape index (κ2) is 7.58. The molecule has 0 atom stereocenters. The van der Waals surface area contributed by atoms with Gasteiger partial charge in [-0.3, -0.25) is 0 Å². The fraction of sp³-hybridized carbons (Fsp3) is 0.261. The van der Waals surface area contributed by atoms with Gasteiger partial charge in [-0.25, -0.2) is 18.4 Å². The van der Waals surface area contributed by atoms with E-state index in [0.29, 0.717) is 34.9 Å². The highest BCUT2D eigenvalue weighted by Crippen LogP contribution is 2.36. The quantitative estimate of drug-likeness (QED) is 0.472. The van der Waals surface area contributed by atoms with E-state index in [2.05, 4.69) is 20.4 Å². The number of nitrogens with one attached hydrogen (secondary N) is 1. The molecule has 0 radical (unpaired) electrons. The third-order valence-corrected chi connectivity index (χ3v) is 5.28. The molecular weight excluding hydrogens is 430 g/mol. The highest BCUT2D eigenvalue weighted by Gasteiger charge is 2.25. The minimum Gasteiger partial charge on any atom is -0.454 e. The van der Waals surface area contributed by atoms with Crippen molar-refractivity contribution in [3.63, 3.8) is 0 Å². The molecule has 0 unspecified atom stereocenters. The largest absolute Gasteiger partial charge is 0.454 e. The summed E-state index contributed by atoms with van der Waals surface area (Å²) >= 11 is 0. The highest BCUT2D eigenvalue weighted by molar-refractivity contribution is 5.99. The molecule has 33 heavy (non-hydrogen) atoms. The number of rotatable bonds is 4. The first-order valence-corrected chi connectivity index (χ1v) is 10.4. The van der Waals surface area contributed by atoms with Gasteiger partial charge in [0.1, 0.15) is 17.5 Å². The van der Waals surface area contributed by atoms with Crippen LogP contribution >= 0.6 is 0 Å². The van der Waals surface area contributed by atoms with Gasteiger partial charge in [0.05, 0.1) is 16.6 Å². The van der Waals surface area contributed by atoms with Crippen molar-refractivity contribution < 1.29 is 18.3 Å². The summed E-state index contributed by atoms with van der Waals surface area (Å²) in [5.41, 5.74) is 7.51. The maximum absolute atomic E-state index is 14.7. The number of fused-ring (bicyclic) bond motifs is 2. The first kappa shape index (κ1) is 20.9. The number of aromatic nitrogens is 4. The predicted molar refractivity (Wildman–Crippen MR) is 120 cm³/mol. The maximum atomic E-state index is 14.7. The van der Waals surface area contributed by atoms with Crippen molar-refractivity contribution in [3.8, 4) is 22.8 Å². The molecule has 0 aliphatic carbocycles. The second-order valence-electron chi connectivity index (χ2n) is 8.73. The van der Waals surface area contributed by atoms with E-state index < -0.39 is 17.2 Å². The summed E-state index contributed by atoms with van der Waals surface area (Å²) < 4.78 is 40.7. The third-order valence-electron chi connectivity index (χ3n) is 5.28. The van der Waals surface area contributed by atoms with Gasteiger partial charge < -0.3 is 20.5 Å². The molecule has 3 heterocycles. The van der Waals surface area contributed by atoms with E-state index in [1.165, 1.54) is 12.1 Å². The minimum atomic E-state index is -0.750. The van der Waals surface area contributed by atoms with Gasteiger partial charge in [0.15, 0.2) is 17.1 Å². The van der Waals surface area contributed by atoms with E-state index in [1.807, 2.05) is 39.0 Å². The predicted octanol–water partition coefficient (Wildman–Crippen LogP) is 4.45. The van der Waals surface area contributed by atoms with Crippen LogP contribution in [0.1, 0.15) is 26.3 Å². The Morgan fingerprint density at radius 1 is 1.06 bits per heavy atom. The van der Waals surface area contributed by atoms with Crippen LogP contribution in [0.25, 0.3) is 22.3 Å². The number of nitrogens with zero attached hydrogens (tertiary/aromatic N) is 4. The molecule has 4 aromatic rings. The lowest BCUT2D eigenvalue weighted by Crippen LogP contribution is -2.24. The topological polar surface area (TPSA) is 100 Å². The van der Waals surface area contributed by atoms with Gasteiger partial charge in [-0.1, -0.05) is 6.07 Å². The Morgan fingerprint density at radius 3 is 2.61 bits per heavy atom. The first-order chi connectivity index (χ1) is 15.7. The van der Waals surface area contributed by atoms with Crippen LogP contribution in [0.4, 0.5) is 20.5 Å². The fourth-order valence-electron chi connectivity index (χ4n) is 3.71. The zero-order chi connectivity index (χ0) is 23.3. The second-order valence-corrected chi connectivity index (χ2v) is 8.73. The summed E-state index contributed by atoms with van der Waals surface area (Å²) in [5.74, 6) is 0.460. The van der Waals surface area contributed by atoms with Crippen molar-refractivity contribution >= 4 is 22.8 Å². The van der Waals surface area contributed by atoms with Gasteiger partial charge in [-0.2, -0.15) is 4.98 Å². The maximum Gasteiger partial charge on any atom is 0.231 e. The Morgan fingerprint density at radius 2 is 1.85 bits per heavy atom. The average molecular weight is 452 g/mol.